The van der Waals surface area contributed by atoms with Crippen molar-refractivity contribution in [3.05, 3.63) is 35.9 Å². The lowest BCUT2D eigenvalue weighted by Crippen LogP contribution is -2.45. The van der Waals surface area contributed by atoms with Gasteiger partial charge in [-0.25, -0.2) is 4.79 Å². The molecule has 6 heteroatoms. The molecule has 0 spiro atoms. The van der Waals surface area contributed by atoms with E-state index in [9.17, 15) is 14.7 Å². The van der Waals surface area contributed by atoms with E-state index in [0.717, 1.165) is 5.56 Å². The van der Waals surface area contributed by atoms with Crippen molar-refractivity contribution in [1.82, 2.24) is 10.2 Å². The Morgan fingerprint density at radius 3 is 2.75 bits per heavy atom. The molecule has 1 aromatic rings. The van der Waals surface area contributed by atoms with Crippen LogP contribution >= 0.6 is 0 Å². The lowest BCUT2D eigenvalue weighted by molar-refractivity contribution is -0.124. The molecule has 20 heavy (non-hydrogen) atoms. The van der Waals surface area contributed by atoms with Gasteiger partial charge in [-0.1, -0.05) is 30.3 Å². The van der Waals surface area contributed by atoms with Crippen molar-refractivity contribution in [1.29, 1.82) is 0 Å². The van der Waals surface area contributed by atoms with Crippen molar-refractivity contribution < 1.29 is 19.4 Å². The number of hydrogen-bond acceptors (Lipinski definition) is 4. The zero-order chi connectivity index (χ0) is 14.5. The van der Waals surface area contributed by atoms with Gasteiger partial charge in [0.15, 0.2) is 0 Å². The first-order valence-corrected chi connectivity index (χ1v) is 6.48. The van der Waals surface area contributed by atoms with Crippen LogP contribution in [0.4, 0.5) is 4.79 Å². The van der Waals surface area contributed by atoms with E-state index in [-0.39, 0.29) is 25.5 Å². The van der Waals surface area contributed by atoms with E-state index in [0.29, 0.717) is 0 Å². The van der Waals surface area contributed by atoms with Crippen molar-refractivity contribution in [2.24, 2.45) is 0 Å². The van der Waals surface area contributed by atoms with Crippen LogP contribution in [-0.4, -0.2) is 47.7 Å². The number of β-amino-alcohol motifs (C(OH)–C–C–N with tert-alkyl or cyclic N) is 1. The first kappa shape index (κ1) is 14.3. The predicted molar refractivity (Wildman–Crippen MR) is 71.8 cm³/mol. The topological polar surface area (TPSA) is 78.9 Å². The van der Waals surface area contributed by atoms with Gasteiger partial charge in [0.25, 0.3) is 0 Å². The van der Waals surface area contributed by atoms with Gasteiger partial charge < -0.3 is 15.2 Å². The lowest BCUT2D eigenvalue weighted by Gasteiger charge is -2.22. The second-order valence-corrected chi connectivity index (χ2v) is 4.71. The molecule has 2 atom stereocenters. The van der Waals surface area contributed by atoms with Crippen LogP contribution in [0.2, 0.25) is 0 Å². The van der Waals surface area contributed by atoms with Gasteiger partial charge in [0.1, 0.15) is 12.6 Å². The number of hydrogen-bond donors (Lipinski definition) is 2. The van der Waals surface area contributed by atoms with E-state index in [2.05, 4.69) is 5.32 Å². The van der Waals surface area contributed by atoms with Crippen LogP contribution in [0.25, 0.3) is 0 Å². The summed E-state index contributed by atoms with van der Waals surface area (Å²) in [4.78, 5) is 25.0. The Balaban J connectivity index is 1.95. The summed E-state index contributed by atoms with van der Waals surface area (Å²) in [6.45, 7) is 0.262. The van der Waals surface area contributed by atoms with Crippen molar-refractivity contribution in [3.8, 4) is 0 Å². The maximum atomic E-state index is 12.0. The van der Waals surface area contributed by atoms with Crippen molar-refractivity contribution in [2.45, 2.75) is 25.2 Å². The molecule has 2 N–H and O–H groups in total. The fourth-order valence-corrected chi connectivity index (χ4v) is 2.23. The van der Waals surface area contributed by atoms with E-state index < -0.39 is 18.2 Å². The smallest absolute Gasteiger partial charge is 0.410 e. The average molecular weight is 278 g/mol. The Morgan fingerprint density at radius 2 is 2.10 bits per heavy atom. The minimum Gasteiger partial charge on any atom is -0.445 e. The van der Waals surface area contributed by atoms with Gasteiger partial charge in [-0.2, -0.15) is 0 Å². The number of benzene rings is 1. The van der Waals surface area contributed by atoms with Gasteiger partial charge >= 0.3 is 6.09 Å². The highest BCUT2D eigenvalue weighted by atomic mass is 16.6. The third-order valence-corrected chi connectivity index (χ3v) is 3.27. The van der Waals surface area contributed by atoms with Crippen LogP contribution in [0.15, 0.2) is 30.3 Å². The summed E-state index contributed by atoms with van der Waals surface area (Å²) in [6.07, 6.45) is -1.04. The molecule has 2 rings (SSSR count). The SMILES string of the molecule is CNC(=O)[C@@H]1C[C@@H](O)CN1C(=O)OCc1ccccc1. The molecular formula is C14H18N2O4. The molecule has 0 bridgehead atoms. The predicted octanol–water partition coefficient (Wildman–Crippen LogP) is 0.504. The molecule has 1 heterocycles. The van der Waals surface area contributed by atoms with E-state index >= 15 is 0 Å². The third-order valence-electron chi connectivity index (χ3n) is 3.27. The molecule has 1 aliphatic heterocycles. The fourth-order valence-electron chi connectivity index (χ4n) is 2.23. The molecule has 6 nitrogen and oxygen atoms in total. The summed E-state index contributed by atoms with van der Waals surface area (Å²) in [6, 6.07) is 8.62. The van der Waals surface area contributed by atoms with Gasteiger partial charge in [0.2, 0.25) is 5.91 Å². The molecule has 0 unspecified atom stereocenters. The van der Waals surface area contributed by atoms with E-state index in [1.165, 1.54) is 11.9 Å². The summed E-state index contributed by atoms with van der Waals surface area (Å²) in [5.74, 6) is -0.293. The van der Waals surface area contributed by atoms with Crippen LogP contribution in [0.3, 0.4) is 0 Å². The molecule has 2 amide bonds. The molecule has 0 radical (unpaired) electrons. The fraction of sp³-hybridized carbons (Fsp3) is 0.429. The van der Waals surface area contributed by atoms with Gasteiger partial charge in [0, 0.05) is 13.5 Å². The van der Waals surface area contributed by atoms with Crippen molar-refractivity contribution in [2.75, 3.05) is 13.6 Å². The molecule has 1 saturated heterocycles. The number of aliphatic hydroxyl groups excluding tert-OH is 1. The Kier molecular flexibility index (Phi) is 4.57. The van der Waals surface area contributed by atoms with Gasteiger partial charge in [-0.05, 0) is 5.56 Å². The molecule has 1 fully saturated rings. The van der Waals surface area contributed by atoms with Crippen molar-refractivity contribution in [3.63, 3.8) is 0 Å². The number of nitrogens with one attached hydrogen (secondary N) is 1. The summed E-state index contributed by atoms with van der Waals surface area (Å²) in [7, 11) is 1.50. The van der Waals surface area contributed by atoms with Crippen LogP contribution < -0.4 is 5.32 Å². The number of carbonyl (C=O) groups excluding carboxylic acids is 2. The molecule has 0 aromatic heterocycles. The Morgan fingerprint density at radius 1 is 1.40 bits per heavy atom. The molecule has 108 valence electrons. The van der Waals surface area contributed by atoms with E-state index in [1.807, 2.05) is 30.3 Å². The largest absolute Gasteiger partial charge is 0.445 e. The Hall–Kier alpha value is -2.08. The van der Waals surface area contributed by atoms with Gasteiger partial charge in [-0.15, -0.1) is 0 Å². The third kappa shape index (κ3) is 3.27. The maximum absolute atomic E-state index is 12.0. The number of ether oxygens (including phenoxy) is 1. The number of likely N-dealkylation sites (tertiary alicyclic amines) is 1. The lowest BCUT2D eigenvalue weighted by atomic mass is 10.2. The second-order valence-electron chi connectivity index (χ2n) is 4.71. The first-order valence-electron chi connectivity index (χ1n) is 6.48. The van der Waals surface area contributed by atoms with Gasteiger partial charge in [-0.3, -0.25) is 9.69 Å². The molecule has 0 aliphatic carbocycles. The number of rotatable bonds is 3. The quantitative estimate of drug-likeness (QED) is 0.844. The molecule has 1 aromatic carbocycles. The monoisotopic (exact) mass is 278 g/mol. The minimum atomic E-state index is -0.693. The summed E-state index contributed by atoms with van der Waals surface area (Å²) in [5, 5.41) is 12.1. The average Bonchev–Trinajstić information content (AvgIpc) is 2.87. The van der Waals surface area contributed by atoms with Crippen LogP contribution in [0.5, 0.6) is 0 Å². The first-order chi connectivity index (χ1) is 9.61. The number of nitrogens with zero attached hydrogens (tertiary/aromatic N) is 1. The highest BCUT2D eigenvalue weighted by Gasteiger charge is 2.39. The number of likely N-dealkylation sites (N-methyl/N-ethyl adjacent to an activating group) is 1. The maximum Gasteiger partial charge on any atom is 0.410 e. The number of aliphatic hydroxyl groups is 1. The molecular weight excluding hydrogens is 260 g/mol. The zero-order valence-electron chi connectivity index (χ0n) is 11.3. The second kappa shape index (κ2) is 6.38. The Bertz CT molecular complexity index is 477. The normalized spacial score (nSPS) is 21.6. The Labute approximate surface area is 117 Å². The summed E-state index contributed by atoms with van der Waals surface area (Å²) in [5.41, 5.74) is 0.872. The van der Waals surface area contributed by atoms with E-state index in [4.69, 9.17) is 4.74 Å². The van der Waals surface area contributed by atoms with Crippen LogP contribution in [0.1, 0.15) is 12.0 Å². The molecule has 0 saturated carbocycles. The van der Waals surface area contributed by atoms with Gasteiger partial charge in [0.05, 0.1) is 12.6 Å². The molecule has 1 aliphatic rings. The summed E-state index contributed by atoms with van der Waals surface area (Å²) < 4.78 is 5.18. The number of carbonyl (C=O) groups is 2. The van der Waals surface area contributed by atoms with Crippen LogP contribution in [-0.2, 0) is 16.1 Å². The van der Waals surface area contributed by atoms with Crippen molar-refractivity contribution >= 4 is 12.0 Å². The summed E-state index contributed by atoms with van der Waals surface area (Å²) >= 11 is 0. The minimum absolute atomic E-state index is 0.117. The van der Waals surface area contributed by atoms with Crippen LogP contribution in [0, 0.1) is 0 Å². The zero-order valence-corrected chi connectivity index (χ0v) is 11.3. The highest BCUT2D eigenvalue weighted by Crippen LogP contribution is 2.19. The van der Waals surface area contributed by atoms with E-state index in [1.54, 1.807) is 0 Å². The number of amides is 2. The standard InChI is InChI=1S/C14H18N2O4/c1-15-13(18)12-7-11(17)8-16(12)14(19)20-9-10-5-3-2-4-6-10/h2-6,11-12,17H,7-9H2,1H3,(H,15,18)/t11-,12+/m1/s1. The highest BCUT2D eigenvalue weighted by molar-refractivity contribution is 5.86.